The largest absolute Gasteiger partial charge is 0.374 e. The molecular weight excluding hydrogens is 242 g/mol. The zero-order valence-electron chi connectivity index (χ0n) is 12.2. The highest BCUT2D eigenvalue weighted by Crippen LogP contribution is 2.18. The fourth-order valence-corrected chi connectivity index (χ4v) is 3.00. The Kier molecular flexibility index (Phi) is 5.60. The van der Waals surface area contributed by atoms with E-state index in [1.165, 1.54) is 12.8 Å². The topological polar surface area (TPSA) is 53.6 Å². The van der Waals surface area contributed by atoms with Crippen LogP contribution in [0.15, 0.2) is 0 Å². The Bertz CT molecular complexity index is 290. The van der Waals surface area contributed by atoms with E-state index in [-0.39, 0.29) is 18.1 Å². The minimum atomic E-state index is -0.0520. The molecule has 0 radical (unpaired) electrons. The standard InChI is InChI=1S/C14H27N3O2/c1-11(14(18)16-12-5-3-4-6-12)17-7-8-19-13(10-17)9-15-2/h11-13,15H,3-10H2,1-2H3,(H,16,18). The molecule has 1 amide bonds. The third kappa shape index (κ3) is 4.16. The van der Waals surface area contributed by atoms with E-state index in [0.29, 0.717) is 12.6 Å². The third-order valence-corrected chi connectivity index (χ3v) is 4.23. The van der Waals surface area contributed by atoms with Crippen molar-refractivity contribution in [2.75, 3.05) is 33.3 Å². The van der Waals surface area contributed by atoms with Gasteiger partial charge in [-0.15, -0.1) is 0 Å². The van der Waals surface area contributed by atoms with Crippen LogP contribution in [0.5, 0.6) is 0 Å². The number of carbonyl (C=O) groups excluding carboxylic acids is 1. The number of morpholine rings is 1. The summed E-state index contributed by atoms with van der Waals surface area (Å²) in [6, 6.07) is 0.355. The van der Waals surface area contributed by atoms with Crippen LogP contribution in [-0.2, 0) is 9.53 Å². The Hall–Kier alpha value is -0.650. The van der Waals surface area contributed by atoms with Crippen LogP contribution in [0.4, 0.5) is 0 Å². The number of hydrogen-bond donors (Lipinski definition) is 2. The van der Waals surface area contributed by atoms with Crippen LogP contribution in [0, 0.1) is 0 Å². The van der Waals surface area contributed by atoms with Gasteiger partial charge in [0.25, 0.3) is 0 Å². The summed E-state index contributed by atoms with van der Waals surface area (Å²) in [5.41, 5.74) is 0. The molecule has 2 aliphatic rings. The average Bonchev–Trinajstić information content (AvgIpc) is 2.91. The van der Waals surface area contributed by atoms with E-state index in [1.54, 1.807) is 0 Å². The van der Waals surface area contributed by atoms with Gasteiger partial charge in [0.15, 0.2) is 0 Å². The summed E-state index contributed by atoms with van der Waals surface area (Å²) in [6.07, 6.45) is 4.98. The van der Waals surface area contributed by atoms with E-state index in [9.17, 15) is 4.79 Å². The first-order valence-corrected chi connectivity index (χ1v) is 7.51. The average molecular weight is 269 g/mol. The summed E-state index contributed by atoms with van der Waals surface area (Å²) in [7, 11) is 1.93. The molecule has 110 valence electrons. The fraction of sp³-hybridized carbons (Fsp3) is 0.929. The molecule has 2 rings (SSSR count). The molecule has 0 aromatic carbocycles. The van der Waals surface area contributed by atoms with Crippen LogP contribution in [-0.4, -0.2) is 62.3 Å². The molecule has 0 aromatic rings. The number of hydrogen-bond acceptors (Lipinski definition) is 4. The van der Waals surface area contributed by atoms with Crippen LogP contribution >= 0.6 is 0 Å². The molecule has 0 bridgehead atoms. The van der Waals surface area contributed by atoms with Crippen LogP contribution in [0.1, 0.15) is 32.6 Å². The predicted octanol–water partition coefficient (Wildman–Crippen LogP) is 0.354. The Morgan fingerprint density at radius 1 is 1.42 bits per heavy atom. The highest BCUT2D eigenvalue weighted by atomic mass is 16.5. The number of ether oxygens (including phenoxy) is 1. The van der Waals surface area contributed by atoms with Gasteiger partial charge in [0.1, 0.15) is 0 Å². The minimum absolute atomic E-state index is 0.0520. The van der Waals surface area contributed by atoms with Crippen LogP contribution in [0.3, 0.4) is 0 Å². The van der Waals surface area contributed by atoms with Gasteiger partial charge in [-0.05, 0) is 26.8 Å². The van der Waals surface area contributed by atoms with Crippen LogP contribution in [0.2, 0.25) is 0 Å². The molecule has 1 saturated carbocycles. The van der Waals surface area contributed by atoms with Crippen molar-refractivity contribution < 1.29 is 9.53 Å². The zero-order valence-corrected chi connectivity index (χ0v) is 12.2. The highest BCUT2D eigenvalue weighted by molar-refractivity contribution is 5.81. The summed E-state index contributed by atoms with van der Waals surface area (Å²) in [5, 5.41) is 6.32. The van der Waals surface area contributed by atoms with Gasteiger partial charge in [0, 0.05) is 25.7 Å². The van der Waals surface area contributed by atoms with Crippen molar-refractivity contribution in [1.82, 2.24) is 15.5 Å². The maximum absolute atomic E-state index is 12.3. The molecule has 1 saturated heterocycles. The fourth-order valence-electron chi connectivity index (χ4n) is 3.00. The summed E-state index contributed by atoms with van der Waals surface area (Å²) in [4.78, 5) is 14.5. The number of carbonyl (C=O) groups is 1. The highest BCUT2D eigenvalue weighted by Gasteiger charge is 2.29. The summed E-state index contributed by atoms with van der Waals surface area (Å²) < 4.78 is 5.68. The molecule has 5 heteroatoms. The van der Waals surface area contributed by atoms with Crippen molar-refractivity contribution in [3.63, 3.8) is 0 Å². The normalized spacial score (nSPS) is 27.4. The second-order valence-corrected chi connectivity index (χ2v) is 5.71. The summed E-state index contributed by atoms with van der Waals surface area (Å²) in [6.45, 7) is 5.24. The predicted molar refractivity (Wildman–Crippen MR) is 75.1 cm³/mol. The molecule has 1 aliphatic carbocycles. The van der Waals surface area contributed by atoms with Crippen molar-refractivity contribution in [2.24, 2.45) is 0 Å². The number of rotatable bonds is 5. The smallest absolute Gasteiger partial charge is 0.237 e. The zero-order chi connectivity index (χ0) is 13.7. The Morgan fingerprint density at radius 2 is 2.16 bits per heavy atom. The summed E-state index contributed by atoms with van der Waals surface area (Å²) >= 11 is 0. The van der Waals surface area contributed by atoms with Gasteiger partial charge in [0.2, 0.25) is 5.91 Å². The molecule has 5 nitrogen and oxygen atoms in total. The van der Waals surface area contributed by atoms with E-state index >= 15 is 0 Å². The molecule has 2 fully saturated rings. The van der Waals surface area contributed by atoms with Gasteiger partial charge >= 0.3 is 0 Å². The second kappa shape index (κ2) is 7.22. The monoisotopic (exact) mass is 269 g/mol. The van der Waals surface area contributed by atoms with Gasteiger partial charge in [-0.1, -0.05) is 12.8 Å². The van der Waals surface area contributed by atoms with Gasteiger partial charge in [-0.25, -0.2) is 0 Å². The van der Waals surface area contributed by atoms with E-state index in [2.05, 4.69) is 15.5 Å². The Morgan fingerprint density at radius 3 is 2.84 bits per heavy atom. The van der Waals surface area contributed by atoms with Gasteiger partial charge in [-0.2, -0.15) is 0 Å². The first-order chi connectivity index (χ1) is 9.20. The summed E-state index contributed by atoms with van der Waals surface area (Å²) in [5.74, 6) is 0.178. The van der Waals surface area contributed by atoms with E-state index in [0.717, 1.165) is 32.5 Å². The SMILES string of the molecule is CNCC1CN(C(C)C(=O)NC2CCCC2)CCO1. The number of likely N-dealkylation sites (N-methyl/N-ethyl adjacent to an activating group) is 1. The Balaban J connectivity index is 1.80. The quantitative estimate of drug-likeness (QED) is 0.756. The van der Waals surface area contributed by atoms with E-state index in [1.807, 2.05) is 14.0 Å². The molecule has 1 aliphatic heterocycles. The molecule has 2 N–H and O–H groups in total. The van der Waals surface area contributed by atoms with Crippen molar-refractivity contribution in [3.8, 4) is 0 Å². The molecule has 0 spiro atoms. The molecule has 2 unspecified atom stereocenters. The number of amides is 1. The maximum Gasteiger partial charge on any atom is 0.237 e. The second-order valence-electron chi connectivity index (χ2n) is 5.71. The molecule has 1 heterocycles. The molecule has 0 aromatic heterocycles. The van der Waals surface area contributed by atoms with Crippen LogP contribution < -0.4 is 10.6 Å². The molecule has 19 heavy (non-hydrogen) atoms. The number of nitrogens with zero attached hydrogens (tertiary/aromatic N) is 1. The van der Waals surface area contributed by atoms with E-state index < -0.39 is 0 Å². The van der Waals surface area contributed by atoms with Crippen molar-refractivity contribution in [3.05, 3.63) is 0 Å². The van der Waals surface area contributed by atoms with Crippen molar-refractivity contribution in [1.29, 1.82) is 0 Å². The first kappa shape index (κ1) is 14.8. The van der Waals surface area contributed by atoms with E-state index in [4.69, 9.17) is 4.74 Å². The van der Waals surface area contributed by atoms with Crippen molar-refractivity contribution >= 4 is 5.91 Å². The van der Waals surface area contributed by atoms with Crippen LogP contribution in [0.25, 0.3) is 0 Å². The lowest BCUT2D eigenvalue weighted by Crippen LogP contribution is -2.54. The third-order valence-electron chi connectivity index (χ3n) is 4.23. The van der Waals surface area contributed by atoms with Gasteiger partial charge in [-0.3, -0.25) is 9.69 Å². The maximum atomic E-state index is 12.3. The lowest BCUT2D eigenvalue weighted by atomic mass is 10.1. The van der Waals surface area contributed by atoms with Crippen molar-refractivity contribution in [2.45, 2.75) is 50.8 Å². The van der Waals surface area contributed by atoms with Gasteiger partial charge in [0.05, 0.1) is 18.8 Å². The lowest BCUT2D eigenvalue weighted by Gasteiger charge is -2.36. The Labute approximate surface area is 116 Å². The molecular formula is C14H27N3O2. The lowest BCUT2D eigenvalue weighted by molar-refractivity contribution is -0.129. The molecule has 2 atom stereocenters. The minimum Gasteiger partial charge on any atom is -0.374 e. The van der Waals surface area contributed by atoms with Gasteiger partial charge < -0.3 is 15.4 Å². The first-order valence-electron chi connectivity index (χ1n) is 7.51. The number of nitrogens with one attached hydrogen (secondary N) is 2.